The SMILES string of the molecule is CCCCC12CC3(CCCC)CC(C(=O)O)(C1)CC(C14CC5CC(CC(C(=O)O)(C5)C1)C4)(C2)C3. The van der Waals surface area contributed by atoms with Gasteiger partial charge < -0.3 is 10.2 Å². The van der Waals surface area contributed by atoms with E-state index in [9.17, 15) is 19.8 Å². The summed E-state index contributed by atoms with van der Waals surface area (Å²) >= 11 is 0. The summed E-state index contributed by atoms with van der Waals surface area (Å²) in [6, 6.07) is 0. The Hall–Kier alpha value is -1.06. The standard InChI is InChI=1S/C30H46O4/c1-3-5-7-25-14-26(8-6-4-2)16-28(15-25,24(33)34)20-30(17-25,18-26)29-12-21-9-22(13-29)11-27(10-21,19-29)23(31)32/h21-22H,3-20H2,1-2H3,(H,31,32)(H,33,34). The number of hydrogen-bond acceptors (Lipinski definition) is 2. The van der Waals surface area contributed by atoms with Crippen molar-refractivity contribution in [1.29, 1.82) is 0 Å². The molecule has 2 N–H and O–H groups in total. The third-order valence-electron chi connectivity index (χ3n) is 12.5. The first-order valence-electron chi connectivity index (χ1n) is 14.5. The van der Waals surface area contributed by atoms with Crippen LogP contribution in [0.3, 0.4) is 0 Å². The van der Waals surface area contributed by atoms with Gasteiger partial charge in [0.15, 0.2) is 0 Å². The molecule has 190 valence electrons. The summed E-state index contributed by atoms with van der Waals surface area (Å²) in [5, 5.41) is 21.3. The molecule has 4 atom stereocenters. The maximum atomic E-state index is 13.1. The van der Waals surface area contributed by atoms with Crippen molar-refractivity contribution in [2.24, 2.45) is 44.3 Å². The zero-order valence-corrected chi connectivity index (χ0v) is 21.6. The first-order chi connectivity index (χ1) is 16.1. The molecule has 8 saturated carbocycles. The van der Waals surface area contributed by atoms with E-state index in [2.05, 4.69) is 13.8 Å². The number of aliphatic carboxylic acids is 2. The molecule has 8 aliphatic carbocycles. The van der Waals surface area contributed by atoms with Crippen LogP contribution in [0.4, 0.5) is 0 Å². The van der Waals surface area contributed by atoms with Crippen LogP contribution in [0, 0.1) is 44.3 Å². The number of carboxylic acid groups (broad SMARTS) is 2. The number of rotatable bonds is 9. The van der Waals surface area contributed by atoms with E-state index in [4.69, 9.17) is 0 Å². The zero-order valence-electron chi connectivity index (χ0n) is 21.6. The summed E-state index contributed by atoms with van der Waals surface area (Å²) in [6.07, 6.45) is 19.5. The highest BCUT2D eigenvalue weighted by Gasteiger charge is 2.76. The normalized spacial score (nSPS) is 52.3. The Morgan fingerprint density at radius 2 is 1.15 bits per heavy atom. The molecule has 0 amide bonds. The van der Waals surface area contributed by atoms with Gasteiger partial charge in [-0.05, 0) is 123 Å². The van der Waals surface area contributed by atoms with Gasteiger partial charge in [0.05, 0.1) is 10.8 Å². The van der Waals surface area contributed by atoms with Crippen LogP contribution in [0.15, 0.2) is 0 Å². The van der Waals surface area contributed by atoms with Crippen LogP contribution >= 0.6 is 0 Å². The average molecular weight is 471 g/mol. The van der Waals surface area contributed by atoms with Crippen LogP contribution < -0.4 is 0 Å². The fraction of sp³-hybridized carbons (Fsp3) is 0.933. The molecule has 0 aromatic carbocycles. The molecule has 0 radical (unpaired) electrons. The lowest BCUT2D eigenvalue weighted by Gasteiger charge is -2.77. The van der Waals surface area contributed by atoms with E-state index < -0.39 is 22.8 Å². The fourth-order valence-electron chi connectivity index (χ4n) is 12.6. The van der Waals surface area contributed by atoms with Crippen LogP contribution in [0.25, 0.3) is 0 Å². The van der Waals surface area contributed by atoms with Gasteiger partial charge in [0, 0.05) is 0 Å². The molecule has 8 bridgehead atoms. The monoisotopic (exact) mass is 470 g/mol. The molecule has 8 rings (SSSR count). The van der Waals surface area contributed by atoms with Crippen molar-refractivity contribution in [3.8, 4) is 0 Å². The molecule has 0 heterocycles. The van der Waals surface area contributed by atoms with E-state index in [1.165, 1.54) is 77.0 Å². The Labute approximate surface area is 205 Å². The van der Waals surface area contributed by atoms with E-state index in [1.807, 2.05) is 0 Å². The molecule has 4 nitrogen and oxygen atoms in total. The van der Waals surface area contributed by atoms with Crippen LogP contribution in [0.2, 0.25) is 0 Å². The third-order valence-corrected chi connectivity index (χ3v) is 12.5. The van der Waals surface area contributed by atoms with Crippen molar-refractivity contribution in [2.45, 2.75) is 129 Å². The van der Waals surface area contributed by atoms with Gasteiger partial charge in [-0.15, -0.1) is 0 Å². The van der Waals surface area contributed by atoms with Gasteiger partial charge in [0.2, 0.25) is 0 Å². The number of carboxylic acids is 2. The largest absolute Gasteiger partial charge is 0.481 e. The lowest BCUT2D eigenvalue weighted by Crippen LogP contribution is -2.70. The van der Waals surface area contributed by atoms with Crippen LogP contribution in [0.5, 0.6) is 0 Å². The van der Waals surface area contributed by atoms with Crippen molar-refractivity contribution in [3.05, 3.63) is 0 Å². The molecule has 0 spiro atoms. The highest BCUT2D eigenvalue weighted by Crippen LogP contribution is 2.83. The van der Waals surface area contributed by atoms with Crippen molar-refractivity contribution in [1.82, 2.24) is 0 Å². The van der Waals surface area contributed by atoms with Crippen molar-refractivity contribution < 1.29 is 19.8 Å². The fourth-order valence-corrected chi connectivity index (χ4v) is 12.6. The molecule has 0 aromatic heterocycles. The first-order valence-corrected chi connectivity index (χ1v) is 14.5. The van der Waals surface area contributed by atoms with Gasteiger partial charge >= 0.3 is 11.9 Å². The van der Waals surface area contributed by atoms with Gasteiger partial charge in [0.1, 0.15) is 0 Å². The molecular formula is C30H46O4. The third kappa shape index (κ3) is 3.01. The van der Waals surface area contributed by atoms with Crippen molar-refractivity contribution in [2.75, 3.05) is 0 Å². The minimum absolute atomic E-state index is 0.0417. The highest BCUT2D eigenvalue weighted by molar-refractivity contribution is 5.77. The second-order valence-electron chi connectivity index (χ2n) is 15.0. The van der Waals surface area contributed by atoms with Gasteiger partial charge in [-0.2, -0.15) is 0 Å². The second kappa shape index (κ2) is 7.25. The highest BCUT2D eigenvalue weighted by atomic mass is 16.4. The van der Waals surface area contributed by atoms with Crippen LogP contribution in [-0.4, -0.2) is 22.2 Å². The molecule has 0 saturated heterocycles. The Morgan fingerprint density at radius 3 is 1.62 bits per heavy atom. The molecule has 4 heteroatoms. The molecule has 4 unspecified atom stereocenters. The van der Waals surface area contributed by atoms with Gasteiger partial charge in [-0.3, -0.25) is 9.59 Å². The summed E-state index contributed by atoms with van der Waals surface area (Å²) in [7, 11) is 0. The quantitative estimate of drug-likeness (QED) is 0.367. The topological polar surface area (TPSA) is 74.6 Å². The molecule has 8 fully saturated rings. The Kier molecular flexibility index (Phi) is 4.98. The maximum Gasteiger partial charge on any atom is 0.309 e. The summed E-state index contributed by atoms with van der Waals surface area (Å²) < 4.78 is 0. The summed E-state index contributed by atoms with van der Waals surface area (Å²) in [4.78, 5) is 25.8. The Morgan fingerprint density at radius 1 is 0.647 bits per heavy atom. The molecule has 0 aromatic rings. The zero-order chi connectivity index (χ0) is 24.0. The van der Waals surface area contributed by atoms with E-state index >= 15 is 0 Å². The van der Waals surface area contributed by atoms with E-state index in [1.54, 1.807) is 0 Å². The minimum Gasteiger partial charge on any atom is -0.481 e. The number of hydrogen-bond donors (Lipinski definition) is 2. The van der Waals surface area contributed by atoms with Crippen LogP contribution in [0.1, 0.15) is 129 Å². The van der Waals surface area contributed by atoms with E-state index in [-0.39, 0.29) is 21.7 Å². The second-order valence-corrected chi connectivity index (χ2v) is 15.0. The minimum atomic E-state index is -0.573. The maximum absolute atomic E-state index is 13.1. The summed E-state index contributed by atoms with van der Waals surface area (Å²) in [5.74, 6) is 0.00840. The number of unbranched alkanes of at least 4 members (excludes halogenated alkanes) is 2. The molecular weight excluding hydrogens is 424 g/mol. The van der Waals surface area contributed by atoms with Crippen LogP contribution in [-0.2, 0) is 9.59 Å². The van der Waals surface area contributed by atoms with E-state index in [0.717, 1.165) is 38.5 Å². The predicted molar refractivity (Wildman–Crippen MR) is 131 cm³/mol. The summed E-state index contributed by atoms with van der Waals surface area (Å²) in [5.41, 5.74) is -0.674. The van der Waals surface area contributed by atoms with Crippen molar-refractivity contribution >= 4 is 11.9 Å². The average Bonchev–Trinajstić information content (AvgIpc) is 2.74. The molecule has 8 aliphatic rings. The van der Waals surface area contributed by atoms with E-state index in [0.29, 0.717) is 11.8 Å². The van der Waals surface area contributed by atoms with Gasteiger partial charge in [0.25, 0.3) is 0 Å². The van der Waals surface area contributed by atoms with Crippen molar-refractivity contribution in [3.63, 3.8) is 0 Å². The van der Waals surface area contributed by atoms with Gasteiger partial charge in [-0.1, -0.05) is 39.5 Å². The lowest BCUT2D eigenvalue weighted by atomic mass is 9.27. The molecule has 0 aliphatic heterocycles. The Bertz CT molecular complexity index is 850. The first kappa shape index (κ1) is 23.3. The smallest absolute Gasteiger partial charge is 0.309 e. The lowest BCUT2D eigenvalue weighted by molar-refractivity contribution is -0.280. The Balaban J connectivity index is 1.49. The summed E-state index contributed by atoms with van der Waals surface area (Å²) in [6.45, 7) is 4.54. The number of carbonyl (C=O) groups is 2. The predicted octanol–water partition coefficient (Wildman–Crippen LogP) is 7.45. The van der Waals surface area contributed by atoms with Gasteiger partial charge in [-0.25, -0.2) is 0 Å². The molecule has 34 heavy (non-hydrogen) atoms.